The van der Waals surface area contributed by atoms with Gasteiger partial charge in [-0.15, -0.1) is 5.10 Å². The normalized spacial score (nSPS) is 11.1. The van der Waals surface area contributed by atoms with Crippen molar-refractivity contribution >= 4 is 5.97 Å². The molecule has 21 heavy (non-hydrogen) atoms. The van der Waals surface area contributed by atoms with E-state index in [2.05, 4.69) is 30.2 Å². The quantitative estimate of drug-likeness (QED) is 0.914. The smallest absolute Gasteiger partial charge is 0.358 e. The van der Waals surface area contributed by atoms with Gasteiger partial charge in [0.15, 0.2) is 5.69 Å². The van der Waals surface area contributed by atoms with Gasteiger partial charge in [-0.1, -0.05) is 36.8 Å². The van der Waals surface area contributed by atoms with E-state index in [1.54, 1.807) is 4.68 Å². The highest BCUT2D eigenvalue weighted by atomic mass is 16.4. The van der Waals surface area contributed by atoms with E-state index in [1.165, 1.54) is 5.56 Å². The van der Waals surface area contributed by atoms with Gasteiger partial charge in [-0.2, -0.15) is 0 Å². The second-order valence-corrected chi connectivity index (χ2v) is 5.34. The number of aromatic nitrogens is 3. The Morgan fingerprint density at radius 3 is 2.48 bits per heavy atom. The van der Waals surface area contributed by atoms with Crippen LogP contribution in [0.1, 0.15) is 59.9 Å². The van der Waals surface area contributed by atoms with Crippen LogP contribution in [0.15, 0.2) is 18.2 Å². The van der Waals surface area contributed by atoms with Crippen molar-refractivity contribution in [2.75, 3.05) is 0 Å². The zero-order valence-corrected chi connectivity index (χ0v) is 12.9. The lowest BCUT2D eigenvalue weighted by Crippen LogP contribution is -2.12. The Morgan fingerprint density at radius 2 is 1.95 bits per heavy atom. The van der Waals surface area contributed by atoms with Crippen molar-refractivity contribution in [3.63, 3.8) is 0 Å². The third-order valence-electron chi connectivity index (χ3n) is 3.86. The molecular weight excluding hydrogens is 266 g/mol. The van der Waals surface area contributed by atoms with Gasteiger partial charge in [-0.05, 0) is 38.3 Å². The molecule has 0 amide bonds. The van der Waals surface area contributed by atoms with Crippen LogP contribution in [-0.4, -0.2) is 26.1 Å². The Morgan fingerprint density at radius 1 is 1.29 bits per heavy atom. The maximum Gasteiger partial charge on any atom is 0.358 e. The Balaban J connectivity index is 2.66. The first kappa shape index (κ1) is 15.2. The molecule has 0 saturated heterocycles. The largest absolute Gasteiger partial charge is 0.476 e. The minimum absolute atomic E-state index is 0.0590. The third kappa shape index (κ3) is 2.82. The minimum Gasteiger partial charge on any atom is -0.476 e. The summed E-state index contributed by atoms with van der Waals surface area (Å²) in [6.07, 6.45) is 1.71. The van der Waals surface area contributed by atoms with E-state index in [1.807, 2.05) is 26.0 Å². The second kappa shape index (κ2) is 6.08. The molecule has 0 atom stereocenters. The van der Waals surface area contributed by atoms with Crippen molar-refractivity contribution in [1.29, 1.82) is 0 Å². The molecule has 0 aliphatic heterocycles. The molecule has 0 aliphatic rings. The predicted molar refractivity (Wildman–Crippen MR) is 81.1 cm³/mol. The van der Waals surface area contributed by atoms with E-state index in [-0.39, 0.29) is 11.6 Å². The van der Waals surface area contributed by atoms with E-state index < -0.39 is 5.97 Å². The molecule has 0 bridgehead atoms. The molecule has 2 aromatic rings. The lowest BCUT2D eigenvalue weighted by molar-refractivity contribution is 0.0688. The molecule has 0 spiro atoms. The summed E-state index contributed by atoms with van der Waals surface area (Å²) in [5.41, 5.74) is 3.87. The van der Waals surface area contributed by atoms with Crippen LogP contribution < -0.4 is 0 Å². The van der Waals surface area contributed by atoms with Gasteiger partial charge in [0.1, 0.15) is 0 Å². The molecule has 1 N–H and O–H groups in total. The van der Waals surface area contributed by atoms with Crippen LogP contribution in [0.25, 0.3) is 5.69 Å². The first-order chi connectivity index (χ1) is 9.99. The predicted octanol–water partition coefficient (Wildman–Crippen LogP) is 3.49. The van der Waals surface area contributed by atoms with Crippen LogP contribution in [0.5, 0.6) is 0 Å². The van der Waals surface area contributed by atoms with Gasteiger partial charge in [0.05, 0.1) is 11.4 Å². The number of benzene rings is 1. The van der Waals surface area contributed by atoms with Crippen LogP contribution in [-0.2, 0) is 0 Å². The highest BCUT2D eigenvalue weighted by molar-refractivity contribution is 5.86. The molecule has 0 fully saturated rings. The summed E-state index contributed by atoms with van der Waals surface area (Å²) in [5, 5.41) is 17.3. The molecule has 2 rings (SSSR count). The highest BCUT2D eigenvalue weighted by Crippen LogP contribution is 2.28. The summed E-state index contributed by atoms with van der Waals surface area (Å²) >= 11 is 0. The topological polar surface area (TPSA) is 68.0 Å². The van der Waals surface area contributed by atoms with Gasteiger partial charge >= 0.3 is 5.97 Å². The van der Waals surface area contributed by atoms with Crippen molar-refractivity contribution in [3.8, 4) is 5.69 Å². The van der Waals surface area contributed by atoms with E-state index in [4.69, 9.17) is 0 Å². The number of carbonyl (C=O) groups is 1. The number of hydrogen-bond acceptors (Lipinski definition) is 3. The molecule has 1 heterocycles. The number of aryl methyl sites for hydroxylation is 2. The summed E-state index contributed by atoms with van der Waals surface area (Å²) in [7, 11) is 0. The monoisotopic (exact) mass is 287 g/mol. The molecule has 0 radical (unpaired) electrons. The van der Waals surface area contributed by atoms with E-state index in [0.29, 0.717) is 5.69 Å². The first-order valence-corrected chi connectivity index (χ1v) is 7.26. The van der Waals surface area contributed by atoms with E-state index in [9.17, 15) is 9.90 Å². The highest BCUT2D eigenvalue weighted by Gasteiger charge is 2.25. The van der Waals surface area contributed by atoms with Crippen molar-refractivity contribution in [1.82, 2.24) is 15.0 Å². The minimum atomic E-state index is -1.02. The number of carboxylic acid groups (broad SMARTS) is 1. The fraction of sp³-hybridized carbons (Fsp3) is 0.438. The van der Waals surface area contributed by atoms with Crippen LogP contribution >= 0.6 is 0 Å². The average molecular weight is 287 g/mol. The van der Waals surface area contributed by atoms with Crippen LogP contribution in [0, 0.1) is 13.8 Å². The molecule has 112 valence electrons. The van der Waals surface area contributed by atoms with Crippen molar-refractivity contribution in [2.24, 2.45) is 0 Å². The maximum atomic E-state index is 11.4. The summed E-state index contributed by atoms with van der Waals surface area (Å²) in [5.74, 6) is -0.889. The molecule has 1 aromatic carbocycles. The van der Waals surface area contributed by atoms with Gasteiger partial charge in [-0.3, -0.25) is 0 Å². The average Bonchev–Trinajstić information content (AvgIpc) is 2.85. The van der Waals surface area contributed by atoms with E-state index in [0.717, 1.165) is 24.1 Å². The Bertz CT molecular complexity index is 658. The fourth-order valence-electron chi connectivity index (χ4n) is 2.70. The lowest BCUT2D eigenvalue weighted by Gasteiger charge is -2.16. The Hall–Kier alpha value is -2.17. The van der Waals surface area contributed by atoms with E-state index >= 15 is 0 Å². The second-order valence-electron chi connectivity index (χ2n) is 5.34. The van der Waals surface area contributed by atoms with Crippen molar-refractivity contribution < 1.29 is 9.90 Å². The molecule has 0 aliphatic carbocycles. The maximum absolute atomic E-state index is 11.4. The molecule has 1 aromatic heterocycles. The fourth-order valence-corrected chi connectivity index (χ4v) is 2.70. The van der Waals surface area contributed by atoms with Crippen molar-refractivity contribution in [3.05, 3.63) is 40.7 Å². The number of carboxylic acids is 1. The van der Waals surface area contributed by atoms with Gasteiger partial charge in [-0.25, -0.2) is 9.48 Å². The summed E-state index contributed by atoms with van der Waals surface area (Å²) in [6, 6.07) is 6.03. The van der Waals surface area contributed by atoms with Crippen LogP contribution in [0.2, 0.25) is 0 Å². The SMILES string of the molecule is CCC(CC)c1c(C(=O)O)nnn1-c1ccc(C)cc1C. The first-order valence-electron chi connectivity index (χ1n) is 7.26. The van der Waals surface area contributed by atoms with Gasteiger partial charge in [0, 0.05) is 5.92 Å². The van der Waals surface area contributed by atoms with Gasteiger partial charge < -0.3 is 5.11 Å². The zero-order valence-electron chi connectivity index (χ0n) is 12.9. The molecule has 0 saturated carbocycles. The molecule has 0 unspecified atom stereocenters. The standard InChI is InChI=1S/C16H21N3O2/c1-5-12(6-2)15-14(16(20)21)17-18-19(15)13-8-7-10(3)9-11(13)4/h7-9,12H,5-6H2,1-4H3,(H,20,21). The lowest BCUT2D eigenvalue weighted by atomic mass is 9.97. The zero-order chi connectivity index (χ0) is 15.6. The Kier molecular flexibility index (Phi) is 4.40. The number of nitrogens with zero attached hydrogens (tertiary/aromatic N) is 3. The summed E-state index contributed by atoms with van der Waals surface area (Å²) < 4.78 is 1.69. The third-order valence-corrected chi connectivity index (χ3v) is 3.86. The summed E-state index contributed by atoms with van der Waals surface area (Å²) in [6.45, 7) is 8.14. The van der Waals surface area contributed by atoms with Crippen LogP contribution in [0.3, 0.4) is 0 Å². The molecule has 5 heteroatoms. The number of hydrogen-bond donors (Lipinski definition) is 1. The van der Waals surface area contributed by atoms with Gasteiger partial charge in [0.25, 0.3) is 0 Å². The van der Waals surface area contributed by atoms with Crippen LogP contribution in [0.4, 0.5) is 0 Å². The molecular formula is C16H21N3O2. The Labute approximate surface area is 124 Å². The number of rotatable bonds is 5. The summed E-state index contributed by atoms with van der Waals surface area (Å²) in [4.78, 5) is 11.4. The molecule has 5 nitrogen and oxygen atoms in total. The van der Waals surface area contributed by atoms with Crippen molar-refractivity contribution in [2.45, 2.75) is 46.5 Å². The van der Waals surface area contributed by atoms with Gasteiger partial charge in [0.2, 0.25) is 0 Å². The number of aromatic carboxylic acids is 1.